The number of rotatable bonds is 6. The number of carboxylic acids is 2. The van der Waals surface area contributed by atoms with Gasteiger partial charge in [0.05, 0.1) is 25.5 Å². The summed E-state index contributed by atoms with van der Waals surface area (Å²) in [5.41, 5.74) is 3.30. The van der Waals surface area contributed by atoms with Crippen LogP contribution in [0.25, 0.3) is 0 Å². The van der Waals surface area contributed by atoms with Gasteiger partial charge in [-0.05, 0) is 31.0 Å². The minimum atomic E-state index is -5.08. The molecule has 17 heteroatoms. The highest BCUT2D eigenvalue weighted by molar-refractivity contribution is 5.92. The standard InChI is InChI=1S/C17H22N4O3.2C2HF3O2/c1-12-4-3-5-14(19-12)17(22)18-10-15-16-13(6-8-24-15)11-21(20-16)7-9-23-2;2*3-2(4,5)1(6)7/h3-5,11,15H,6-10H2,1-2H3,(H,18,22);2*(H,6,7). The van der Waals surface area contributed by atoms with Gasteiger partial charge in [-0.3, -0.25) is 9.48 Å². The molecule has 0 bridgehead atoms. The molecule has 0 aliphatic carbocycles. The van der Waals surface area contributed by atoms with E-state index in [1.54, 1.807) is 13.2 Å². The molecule has 3 rings (SSSR count). The van der Waals surface area contributed by atoms with Crippen molar-refractivity contribution in [1.82, 2.24) is 20.1 Å². The van der Waals surface area contributed by atoms with Gasteiger partial charge in [0.25, 0.3) is 5.91 Å². The maximum atomic E-state index is 12.2. The number of amides is 1. The van der Waals surface area contributed by atoms with E-state index in [4.69, 9.17) is 29.3 Å². The summed E-state index contributed by atoms with van der Waals surface area (Å²) in [5, 5.41) is 21.7. The molecule has 0 radical (unpaired) electrons. The summed E-state index contributed by atoms with van der Waals surface area (Å²) in [4.78, 5) is 34.3. The third-order valence-corrected chi connectivity index (χ3v) is 4.44. The number of hydrogen-bond donors (Lipinski definition) is 3. The van der Waals surface area contributed by atoms with Crippen molar-refractivity contribution in [3.05, 3.63) is 47.0 Å². The number of aromatic nitrogens is 3. The fourth-order valence-corrected chi connectivity index (χ4v) is 2.73. The highest BCUT2D eigenvalue weighted by atomic mass is 19.4. The summed E-state index contributed by atoms with van der Waals surface area (Å²) in [7, 11) is 1.67. The van der Waals surface area contributed by atoms with Crippen LogP contribution < -0.4 is 5.32 Å². The lowest BCUT2D eigenvalue weighted by molar-refractivity contribution is -0.193. The molecule has 2 aromatic rings. The molecular formula is C21H24F6N4O7. The second-order valence-corrected chi connectivity index (χ2v) is 7.38. The summed E-state index contributed by atoms with van der Waals surface area (Å²) in [6.45, 7) is 4.19. The molecule has 0 saturated carbocycles. The molecule has 0 saturated heterocycles. The zero-order valence-electron chi connectivity index (χ0n) is 20.0. The molecule has 1 amide bonds. The molecule has 212 valence electrons. The number of carboxylic acid groups (broad SMARTS) is 2. The summed E-state index contributed by atoms with van der Waals surface area (Å²) >= 11 is 0. The van der Waals surface area contributed by atoms with Crippen molar-refractivity contribution in [2.75, 3.05) is 26.9 Å². The van der Waals surface area contributed by atoms with Gasteiger partial charge in [0.1, 0.15) is 11.8 Å². The molecule has 1 atom stereocenters. The number of aryl methyl sites for hydroxylation is 1. The van der Waals surface area contributed by atoms with E-state index >= 15 is 0 Å². The third kappa shape index (κ3) is 11.1. The number of hydrogen-bond acceptors (Lipinski definition) is 7. The van der Waals surface area contributed by atoms with Crippen molar-refractivity contribution < 1.29 is 60.4 Å². The molecule has 1 unspecified atom stereocenters. The Hall–Kier alpha value is -3.73. The van der Waals surface area contributed by atoms with Gasteiger partial charge in [-0.25, -0.2) is 14.6 Å². The number of ether oxygens (including phenoxy) is 2. The van der Waals surface area contributed by atoms with Crippen LogP contribution in [0, 0.1) is 6.92 Å². The molecule has 1 aliphatic heterocycles. The first kappa shape index (κ1) is 32.3. The molecule has 38 heavy (non-hydrogen) atoms. The summed E-state index contributed by atoms with van der Waals surface area (Å²) in [5.74, 6) is -5.71. The Morgan fingerprint density at radius 1 is 1.13 bits per heavy atom. The van der Waals surface area contributed by atoms with E-state index in [0.29, 0.717) is 32.0 Å². The van der Waals surface area contributed by atoms with Gasteiger partial charge in [0.15, 0.2) is 0 Å². The maximum Gasteiger partial charge on any atom is 0.490 e. The van der Waals surface area contributed by atoms with Gasteiger partial charge in [-0.2, -0.15) is 31.4 Å². The minimum absolute atomic E-state index is 0.201. The normalized spacial score (nSPS) is 14.7. The Labute approximate surface area is 211 Å². The van der Waals surface area contributed by atoms with Gasteiger partial charge in [-0.1, -0.05) is 6.07 Å². The maximum absolute atomic E-state index is 12.2. The second kappa shape index (κ2) is 14.3. The number of carbonyl (C=O) groups is 3. The Balaban J connectivity index is 0.000000426. The number of nitrogens with one attached hydrogen (secondary N) is 1. The average Bonchev–Trinajstić information content (AvgIpc) is 3.24. The zero-order chi connectivity index (χ0) is 29.1. The average molecular weight is 558 g/mol. The smallest absolute Gasteiger partial charge is 0.475 e. The first-order valence-electron chi connectivity index (χ1n) is 10.5. The molecule has 0 fully saturated rings. The van der Waals surface area contributed by atoms with Gasteiger partial charge >= 0.3 is 24.3 Å². The van der Waals surface area contributed by atoms with E-state index in [1.165, 1.54) is 5.56 Å². The van der Waals surface area contributed by atoms with Crippen LogP contribution in [0.15, 0.2) is 24.4 Å². The zero-order valence-corrected chi connectivity index (χ0v) is 20.0. The molecule has 3 N–H and O–H groups in total. The van der Waals surface area contributed by atoms with Gasteiger partial charge in [-0.15, -0.1) is 0 Å². The number of pyridine rings is 1. The molecule has 0 aromatic carbocycles. The molecule has 11 nitrogen and oxygen atoms in total. The van der Waals surface area contributed by atoms with Crippen LogP contribution in [0.2, 0.25) is 0 Å². The summed E-state index contributed by atoms with van der Waals surface area (Å²) < 4.78 is 76.2. The minimum Gasteiger partial charge on any atom is -0.475 e. The van der Waals surface area contributed by atoms with Crippen LogP contribution in [-0.2, 0) is 32.0 Å². The van der Waals surface area contributed by atoms with Gasteiger partial charge in [0, 0.05) is 25.5 Å². The van der Waals surface area contributed by atoms with E-state index < -0.39 is 24.3 Å². The lowest BCUT2D eigenvalue weighted by Crippen LogP contribution is -2.32. The van der Waals surface area contributed by atoms with Crippen molar-refractivity contribution >= 4 is 17.8 Å². The van der Waals surface area contributed by atoms with Crippen LogP contribution in [0.4, 0.5) is 26.3 Å². The lowest BCUT2D eigenvalue weighted by atomic mass is 10.1. The number of halogens is 6. The predicted octanol–water partition coefficient (Wildman–Crippen LogP) is 2.54. The number of alkyl halides is 6. The van der Waals surface area contributed by atoms with Crippen LogP contribution in [0.5, 0.6) is 0 Å². The van der Waals surface area contributed by atoms with Crippen LogP contribution in [0.1, 0.15) is 33.5 Å². The second-order valence-electron chi connectivity index (χ2n) is 7.38. The van der Waals surface area contributed by atoms with E-state index in [0.717, 1.165) is 17.8 Å². The number of aliphatic carboxylic acids is 2. The summed E-state index contributed by atoms with van der Waals surface area (Å²) in [6.07, 6.45) is -7.52. The SMILES string of the molecule is COCCn1cc2c(n1)C(CNC(=O)c1cccc(C)n1)OCC2.O=C(O)C(F)(F)F.O=C(O)C(F)(F)F. The Morgan fingerprint density at radius 3 is 2.21 bits per heavy atom. The molecule has 3 heterocycles. The Morgan fingerprint density at radius 2 is 1.71 bits per heavy atom. The topological polar surface area (TPSA) is 153 Å². The Bertz CT molecular complexity index is 1060. The van der Waals surface area contributed by atoms with Crippen LogP contribution >= 0.6 is 0 Å². The molecule has 2 aromatic heterocycles. The number of carbonyl (C=O) groups excluding carboxylic acids is 1. The van der Waals surface area contributed by atoms with Crippen molar-refractivity contribution in [3.63, 3.8) is 0 Å². The van der Waals surface area contributed by atoms with E-state index in [9.17, 15) is 31.1 Å². The monoisotopic (exact) mass is 558 g/mol. The number of nitrogens with zero attached hydrogens (tertiary/aromatic N) is 3. The van der Waals surface area contributed by atoms with Crippen LogP contribution in [-0.4, -0.2) is 82.0 Å². The van der Waals surface area contributed by atoms with E-state index in [2.05, 4.69) is 15.4 Å². The Kier molecular flexibility index (Phi) is 12.1. The third-order valence-electron chi connectivity index (χ3n) is 4.44. The highest BCUT2D eigenvalue weighted by Gasteiger charge is 2.38. The van der Waals surface area contributed by atoms with Crippen molar-refractivity contribution in [2.45, 2.75) is 38.3 Å². The van der Waals surface area contributed by atoms with E-state index in [1.807, 2.05) is 29.9 Å². The van der Waals surface area contributed by atoms with Crippen molar-refractivity contribution in [3.8, 4) is 0 Å². The first-order chi connectivity index (χ1) is 17.6. The van der Waals surface area contributed by atoms with Crippen LogP contribution in [0.3, 0.4) is 0 Å². The lowest BCUT2D eigenvalue weighted by Gasteiger charge is -2.22. The largest absolute Gasteiger partial charge is 0.490 e. The van der Waals surface area contributed by atoms with Crippen molar-refractivity contribution in [2.24, 2.45) is 0 Å². The van der Waals surface area contributed by atoms with Gasteiger partial charge < -0.3 is 25.0 Å². The molecule has 1 aliphatic rings. The number of fused-ring (bicyclic) bond motifs is 1. The van der Waals surface area contributed by atoms with E-state index in [-0.39, 0.29) is 12.0 Å². The molecular weight excluding hydrogens is 534 g/mol. The van der Waals surface area contributed by atoms with Crippen molar-refractivity contribution in [1.29, 1.82) is 0 Å². The first-order valence-corrected chi connectivity index (χ1v) is 10.5. The predicted molar refractivity (Wildman–Crippen MR) is 115 cm³/mol. The fourth-order valence-electron chi connectivity index (χ4n) is 2.73. The highest BCUT2D eigenvalue weighted by Crippen LogP contribution is 2.25. The fraction of sp³-hybridized carbons (Fsp3) is 0.476. The summed E-state index contributed by atoms with van der Waals surface area (Å²) in [6, 6.07) is 5.39. The van der Waals surface area contributed by atoms with Gasteiger partial charge in [0.2, 0.25) is 0 Å². The quantitative estimate of drug-likeness (QED) is 0.454. The number of methoxy groups -OCH3 is 1. The molecule has 0 spiro atoms.